The second-order valence-corrected chi connectivity index (χ2v) is 6.89. The molecule has 0 unspecified atom stereocenters. The zero-order valence-corrected chi connectivity index (χ0v) is 11.6. The Morgan fingerprint density at radius 3 is 1.26 bits per heavy atom. The Morgan fingerprint density at radius 2 is 1.05 bits per heavy atom. The van der Waals surface area contributed by atoms with Crippen molar-refractivity contribution in [3.8, 4) is 0 Å². The van der Waals surface area contributed by atoms with Gasteiger partial charge in [0.1, 0.15) is 0 Å². The summed E-state index contributed by atoms with van der Waals surface area (Å²) in [6, 6.07) is 0. The van der Waals surface area contributed by atoms with Gasteiger partial charge in [-0.05, 0) is 12.8 Å². The highest BCUT2D eigenvalue weighted by Gasteiger charge is 2.24. The van der Waals surface area contributed by atoms with Gasteiger partial charge in [-0.25, -0.2) is 0 Å². The maximum absolute atomic E-state index is 10.8. The van der Waals surface area contributed by atoms with Gasteiger partial charge in [0.2, 0.25) is 0 Å². The van der Waals surface area contributed by atoms with E-state index in [0.29, 0.717) is 6.42 Å². The fraction of sp³-hybridized carbons (Fsp3) is 0.714. The quantitative estimate of drug-likeness (QED) is 0.125. The van der Waals surface area contributed by atoms with E-state index in [9.17, 15) is 9.13 Å². The Balaban J connectivity index is 4.08. The van der Waals surface area contributed by atoms with Crippen LogP contribution in [0.15, 0.2) is 10.3 Å². The second kappa shape index (κ2) is 7.74. The molecule has 0 aliphatic carbocycles. The summed E-state index contributed by atoms with van der Waals surface area (Å²) in [6.45, 7) is 0. The number of oxime groups is 2. The number of hydrogen-bond donors (Lipinski definition) is 6. The zero-order valence-electron chi connectivity index (χ0n) is 9.82. The molecule has 0 fully saturated rings. The van der Waals surface area contributed by atoms with E-state index in [1.807, 2.05) is 0 Å². The van der Waals surface area contributed by atoms with Crippen LogP contribution >= 0.6 is 15.2 Å². The van der Waals surface area contributed by atoms with Gasteiger partial charge >= 0.3 is 15.2 Å². The minimum atomic E-state index is -4.56. The Kier molecular flexibility index (Phi) is 7.43. The van der Waals surface area contributed by atoms with E-state index in [1.54, 1.807) is 0 Å². The molecule has 0 radical (unpaired) electrons. The van der Waals surface area contributed by atoms with Crippen LogP contribution in [0.2, 0.25) is 0 Å². The predicted octanol–water partition coefficient (Wildman–Crippen LogP) is 0.868. The molecule has 0 amide bonds. The summed E-state index contributed by atoms with van der Waals surface area (Å²) in [7, 11) is -9.13. The summed E-state index contributed by atoms with van der Waals surface area (Å²) in [5.41, 5.74) is -1.28. The van der Waals surface area contributed by atoms with Crippen LogP contribution in [-0.4, -0.2) is 40.9 Å². The first kappa shape index (κ1) is 18.2. The maximum atomic E-state index is 10.8. The molecule has 112 valence electrons. The largest absolute Gasteiger partial charge is 0.410 e. The van der Waals surface area contributed by atoms with Crippen LogP contribution in [0, 0.1) is 0 Å². The van der Waals surface area contributed by atoms with Crippen molar-refractivity contribution < 1.29 is 39.1 Å². The molecule has 0 aromatic rings. The van der Waals surface area contributed by atoms with Crippen LogP contribution in [0.4, 0.5) is 0 Å². The molecule has 12 heteroatoms. The summed E-state index contributed by atoms with van der Waals surface area (Å²) in [4.78, 5) is 34.9. The topological polar surface area (TPSA) is 180 Å². The molecular formula is C7H16N2O8P2. The monoisotopic (exact) mass is 318 g/mol. The maximum Gasteiger partial charge on any atom is 0.373 e. The van der Waals surface area contributed by atoms with Gasteiger partial charge in [0.15, 0.2) is 10.9 Å². The molecule has 0 spiro atoms. The highest BCUT2D eigenvalue weighted by Crippen LogP contribution is 2.40. The van der Waals surface area contributed by atoms with Gasteiger partial charge in [-0.1, -0.05) is 16.7 Å². The molecule has 0 saturated heterocycles. The normalized spacial score (nSPS) is 14.7. The summed E-state index contributed by atoms with van der Waals surface area (Å²) in [5.74, 6) is 0. The van der Waals surface area contributed by atoms with Gasteiger partial charge in [0.05, 0.1) is 0 Å². The Labute approximate surface area is 108 Å². The van der Waals surface area contributed by atoms with E-state index in [2.05, 4.69) is 10.3 Å². The van der Waals surface area contributed by atoms with Gasteiger partial charge < -0.3 is 30.0 Å². The first-order valence-corrected chi connectivity index (χ1v) is 8.39. The van der Waals surface area contributed by atoms with Crippen LogP contribution in [0.1, 0.15) is 32.1 Å². The van der Waals surface area contributed by atoms with E-state index in [4.69, 9.17) is 30.0 Å². The zero-order chi connectivity index (χ0) is 15.1. The minimum Gasteiger partial charge on any atom is -0.410 e. The summed E-state index contributed by atoms with van der Waals surface area (Å²) >= 11 is 0. The fourth-order valence-electron chi connectivity index (χ4n) is 1.25. The lowest BCUT2D eigenvalue weighted by Crippen LogP contribution is -2.01. The molecule has 0 bridgehead atoms. The average Bonchev–Trinajstić information content (AvgIpc) is 2.24. The highest BCUT2D eigenvalue weighted by atomic mass is 31.2. The molecule has 0 aromatic carbocycles. The molecule has 19 heavy (non-hydrogen) atoms. The smallest absolute Gasteiger partial charge is 0.373 e. The SMILES string of the molecule is O=P(O)(O)/C(CCCCC/C(=N\O)P(=O)(O)O)=N\O. The predicted molar refractivity (Wildman–Crippen MR) is 65.6 cm³/mol. The van der Waals surface area contributed by atoms with Crippen molar-refractivity contribution >= 4 is 26.1 Å². The minimum absolute atomic E-state index is 0.137. The van der Waals surface area contributed by atoms with Crippen LogP contribution in [-0.2, 0) is 9.13 Å². The Morgan fingerprint density at radius 1 is 0.737 bits per heavy atom. The molecule has 0 rings (SSSR count). The number of rotatable bonds is 8. The third-order valence-electron chi connectivity index (χ3n) is 2.20. The van der Waals surface area contributed by atoms with Crippen LogP contribution in [0.25, 0.3) is 0 Å². The van der Waals surface area contributed by atoms with Crippen molar-refractivity contribution in [2.24, 2.45) is 10.3 Å². The van der Waals surface area contributed by atoms with Crippen LogP contribution in [0.3, 0.4) is 0 Å². The van der Waals surface area contributed by atoms with Crippen molar-refractivity contribution in [1.29, 1.82) is 0 Å². The van der Waals surface area contributed by atoms with Crippen LogP contribution < -0.4 is 0 Å². The third kappa shape index (κ3) is 7.41. The van der Waals surface area contributed by atoms with E-state index >= 15 is 0 Å². The molecular weight excluding hydrogens is 302 g/mol. The molecule has 0 heterocycles. The third-order valence-corrected chi connectivity index (χ3v) is 4.18. The molecule has 0 atom stereocenters. The summed E-state index contributed by atoms with van der Waals surface area (Å²) in [5, 5.41) is 21.8. The van der Waals surface area contributed by atoms with Gasteiger partial charge in [-0.2, -0.15) is 0 Å². The Hall–Kier alpha value is -0.760. The second-order valence-electron chi connectivity index (χ2n) is 3.68. The summed E-state index contributed by atoms with van der Waals surface area (Å²) < 4.78 is 21.5. The van der Waals surface area contributed by atoms with E-state index in [1.165, 1.54) is 0 Å². The molecule has 10 nitrogen and oxygen atoms in total. The van der Waals surface area contributed by atoms with Crippen molar-refractivity contribution in [3.05, 3.63) is 0 Å². The highest BCUT2D eigenvalue weighted by molar-refractivity contribution is 7.70. The molecule has 0 aliphatic heterocycles. The number of hydrogen-bond acceptors (Lipinski definition) is 6. The Bertz CT molecular complexity index is 396. The molecule has 0 aromatic heterocycles. The van der Waals surface area contributed by atoms with Crippen LogP contribution in [0.5, 0.6) is 0 Å². The lowest BCUT2D eigenvalue weighted by Gasteiger charge is -2.07. The van der Waals surface area contributed by atoms with Gasteiger partial charge in [0, 0.05) is 12.8 Å². The van der Waals surface area contributed by atoms with E-state index in [-0.39, 0.29) is 25.7 Å². The van der Waals surface area contributed by atoms with Crippen molar-refractivity contribution in [2.45, 2.75) is 32.1 Å². The van der Waals surface area contributed by atoms with Gasteiger partial charge in [0.25, 0.3) is 0 Å². The lowest BCUT2D eigenvalue weighted by atomic mass is 10.1. The summed E-state index contributed by atoms with van der Waals surface area (Å²) in [6.07, 6.45) is 0.595. The van der Waals surface area contributed by atoms with Crippen molar-refractivity contribution in [2.75, 3.05) is 0 Å². The first-order chi connectivity index (χ1) is 8.62. The number of unbranched alkanes of at least 4 members (excludes halogenated alkanes) is 2. The lowest BCUT2D eigenvalue weighted by molar-refractivity contribution is 0.315. The standard InChI is InChI=1S/C7H16N2O8P2/c10-8-6(18(12,13)14)4-2-1-3-5-7(9-11)19(15,16)17/h10-11H,1-5H2,(H2,12,13,14)(H2,15,16,17)/b8-6-,9-7+. The van der Waals surface area contributed by atoms with Gasteiger partial charge in [-0.3, -0.25) is 9.13 Å². The van der Waals surface area contributed by atoms with Crippen molar-refractivity contribution in [1.82, 2.24) is 0 Å². The van der Waals surface area contributed by atoms with E-state index < -0.39 is 26.1 Å². The van der Waals surface area contributed by atoms with Gasteiger partial charge in [-0.15, -0.1) is 0 Å². The fourth-order valence-corrected chi connectivity index (χ4v) is 2.38. The molecule has 0 saturated carbocycles. The average molecular weight is 318 g/mol. The molecule has 6 N–H and O–H groups in total. The van der Waals surface area contributed by atoms with Crippen molar-refractivity contribution in [3.63, 3.8) is 0 Å². The molecule has 0 aliphatic rings. The first-order valence-electron chi connectivity index (χ1n) is 5.17. The number of nitrogens with zero attached hydrogens (tertiary/aromatic N) is 2. The van der Waals surface area contributed by atoms with E-state index in [0.717, 1.165) is 0 Å².